The molecule has 4 rings (SSSR count). The number of nitrogens with zero attached hydrogens (tertiary/aromatic N) is 1. The Hall–Kier alpha value is -3.56. The van der Waals surface area contributed by atoms with Crippen molar-refractivity contribution in [3.8, 4) is 0 Å². The van der Waals surface area contributed by atoms with Gasteiger partial charge in [-0.05, 0) is 36.1 Å². The smallest absolute Gasteiger partial charge is 0.356 e. The van der Waals surface area contributed by atoms with Crippen molar-refractivity contribution in [1.82, 2.24) is 4.31 Å². The van der Waals surface area contributed by atoms with Crippen LogP contribution in [-0.2, 0) is 24.3 Å². The molecule has 0 aliphatic carbocycles. The number of sulfonamides is 1. The Morgan fingerprint density at radius 2 is 1.68 bits per heavy atom. The molecule has 3 aromatic rings. The molecule has 174 valence electrons. The minimum absolute atomic E-state index is 0.0127. The Balaban J connectivity index is 1.84. The van der Waals surface area contributed by atoms with Crippen LogP contribution in [0.5, 0.6) is 0 Å². The Morgan fingerprint density at radius 1 is 0.971 bits per heavy atom. The van der Waals surface area contributed by atoms with Crippen molar-refractivity contribution in [2.75, 3.05) is 25.2 Å². The monoisotopic (exact) mass is 494 g/mol. The van der Waals surface area contributed by atoms with Gasteiger partial charge < -0.3 is 10.1 Å². The van der Waals surface area contributed by atoms with Gasteiger partial charge in [-0.25, -0.2) is 17.5 Å². The van der Waals surface area contributed by atoms with Gasteiger partial charge in [0.1, 0.15) is 12.2 Å². The summed E-state index contributed by atoms with van der Waals surface area (Å²) in [5, 5.41) is 2.72. The lowest BCUT2D eigenvalue weighted by atomic mass is 9.95. The molecule has 34 heavy (non-hydrogen) atoms. The zero-order valence-electron chi connectivity index (χ0n) is 18.5. The molecule has 1 aliphatic rings. The van der Waals surface area contributed by atoms with Crippen LogP contribution in [0.15, 0.2) is 94.4 Å². The Kier molecular flexibility index (Phi) is 6.76. The molecule has 0 spiro atoms. The molecular formula is C25H22N2O5S2. The van der Waals surface area contributed by atoms with Gasteiger partial charge in [0, 0.05) is 21.7 Å². The zero-order valence-corrected chi connectivity index (χ0v) is 20.2. The van der Waals surface area contributed by atoms with Crippen molar-refractivity contribution in [1.29, 1.82) is 0 Å². The summed E-state index contributed by atoms with van der Waals surface area (Å²) in [5.41, 5.74) is 1.70. The molecular weight excluding hydrogens is 472 g/mol. The standard InChI is InChI=1S/C25H22N2O5S2/c1-32-25(29)24-23(17-9-4-3-5-10-17)20-13-6-7-14-21(20)34(30,31)27(24)16-22(28)26-18-11-8-12-19(15-18)33-2/h3-15H,16H2,1-2H3,(H,26,28). The molecule has 0 aromatic heterocycles. The van der Waals surface area contributed by atoms with E-state index in [4.69, 9.17) is 4.74 Å². The summed E-state index contributed by atoms with van der Waals surface area (Å²) >= 11 is 1.52. The van der Waals surface area contributed by atoms with Crippen LogP contribution in [0, 0.1) is 0 Å². The number of carbonyl (C=O) groups is 2. The van der Waals surface area contributed by atoms with Crippen LogP contribution in [0.4, 0.5) is 5.69 Å². The maximum Gasteiger partial charge on any atom is 0.356 e. The maximum absolute atomic E-state index is 13.6. The Morgan fingerprint density at radius 3 is 2.38 bits per heavy atom. The molecule has 1 heterocycles. The first-order valence-corrected chi connectivity index (χ1v) is 13.0. The molecule has 7 nitrogen and oxygen atoms in total. The highest BCUT2D eigenvalue weighted by molar-refractivity contribution is 7.98. The van der Waals surface area contributed by atoms with Crippen molar-refractivity contribution in [3.05, 3.63) is 95.7 Å². The van der Waals surface area contributed by atoms with Gasteiger partial charge in [0.2, 0.25) is 5.91 Å². The van der Waals surface area contributed by atoms with E-state index in [1.54, 1.807) is 60.7 Å². The quantitative estimate of drug-likeness (QED) is 0.412. The van der Waals surface area contributed by atoms with Crippen molar-refractivity contribution in [2.45, 2.75) is 9.79 Å². The van der Waals surface area contributed by atoms with Crippen LogP contribution >= 0.6 is 11.8 Å². The van der Waals surface area contributed by atoms with E-state index in [2.05, 4.69) is 5.32 Å². The van der Waals surface area contributed by atoms with Gasteiger partial charge in [0.25, 0.3) is 10.0 Å². The average molecular weight is 495 g/mol. The van der Waals surface area contributed by atoms with E-state index in [1.807, 2.05) is 18.4 Å². The predicted octanol–water partition coefficient (Wildman–Crippen LogP) is 3.98. The molecule has 1 N–H and O–H groups in total. The number of rotatable bonds is 6. The molecule has 0 unspecified atom stereocenters. The summed E-state index contributed by atoms with van der Waals surface area (Å²) in [6, 6.07) is 22.6. The van der Waals surface area contributed by atoms with Gasteiger partial charge in [-0.15, -0.1) is 11.8 Å². The van der Waals surface area contributed by atoms with Crippen molar-refractivity contribution in [3.63, 3.8) is 0 Å². The third kappa shape index (κ3) is 4.44. The number of thioether (sulfide) groups is 1. The molecule has 1 amide bonds. The lowest BCUT2D eigenvalue weighted by molar-refractivity contribution is -0.137. The van der Waals surface area contributed by atoms with E-state index in [-0.39, 0.29) is 10.6 Å². The lowest BCUT2D eigenvalue weighted by Crippen LogP contribution is -2.43. The predicted molar refractivity (Wildman–Crippen MR) is 132 cm³/mol. The van der Waals surface area contributed by atoms with Gasteiger partial charge in [0.15, 0.2) is 0 Å². The largest absolute Gasteiger partial charge is 0.464 e. The number of hydrogen-bond acceptors (Lipinski definition) is 6. The number of fused-ring (bicyclic) bond motifs is 1. The molecule has 0 saturated carbocycles. The molecule has 0 bridgehead atoms. The maximum atomic E-state index is 13.6. The van der Waals surface area contributed by atoms with Crippen LogP contribution in [0.25, 0.3) is 5.57 Å². The fourth-order valence-corrected chi connectivity index (χ4v) is 5.87. The lowest BCUT2D eigenvalue weighted by Gasteiger charge is -2.32. The van der Waals surface area contributed by atoms with E-state index in [1.165, 1.54) is 24.9 Å². The normalized spacial score (nSPS) is 14.4. The van der Waals surface area contributed by atoms with E-state index < -0.39 is 28.4 Å². The molecule has 0 radical (unpaired) electrons. The van der Waals surface area contributed by atoms with Crippen LogP contribution in [0.1, 0.15) is 11.1 Å². The number of hydrogen-bond donors (Lipinski definition) is 1. The van der Waals surface area contributed by atoms with E-state index in [0.717, 1.165) is 9.20 Å². The first-order chi connectivity index (χ1) is 16.4. The summed E-state index contributed by atoms with van der Waals surface area (Å²) in [5.74, 6) is -1.44. The number of methoxy groups -OCH3 is 1. The van der Waals surface area contributed by atoms with Gasteiger partial charge >= 0.3 is 5.97 Å². The average Bonchev–Trinajstić information content (AvgIpc) is 2.85. The molecule has 9 heteroatoms. The zero-order chi connectivity index (χ0) is 24.3. The van der Waals surface area contributed by atoms with Crippen LogP contribution in [0.3, 0.4) is 0 Å². The first-order valence-electron chi connectivity index (χ1n) is 10.3. The molecule has 1 aliphatic heterocycles. The van der Waals surface area contributed by atoms with Crippen molar-refractivity contribution < 1.29 is 22.7 Å². The Bertz CT molecular complexity index is 1390. The number of amides is 1. The van der Waals surface area contributed by atoms with Crippen molar-refractivity contribution >= 4 is 44.9 Å². The van der Waals surface area contributed by atoms with Gasteiger partial charge in [-0.1, -0.05) is 54.6 Å². The van der Waals surface area contributed by atoms with Gasteiger partial charge in [-0.2, -0.15) is 0 Å². The summed E-state index contributed by atoms with van der Waals surface area (Å²) in [6.45, 7) is -0.596. The summed E-state index contributed by atoms with van der Waals surface area (Å²) in [7, 11) is -3.04. The number of esters is 1. The molecule has 0 atom stereocenters. The molecule has 3 aromatic carbocycles. The third-order valence-corrected chi connectivity index (χ3v) is 7.82. The number of anilines is 1. The first kappa shape index (κ1) is 23.6. The second-order valence-corrected chi connectivity index (χ2v) is 10.1. The van der Waals surface area contributed by atoms with Crippen molar-refractivity contribution in [2.24, 2.45) is 0 Å². The van der Waals surface area contributed by atoms with Gasteiger partial charge in [-0.3, -0.25) is 4.79 Å². The van der Waals surface area contributed by atoms with Crippen LogP contribution in [0.2, 0.25) is 0 Å². The van der Waals surface area contributed by atoms with Gasteiger partial charge in [0.05, 0.1) is 12.0 Å². The molecule has 0 saturated heterocycles. The summed E-state index contributed by atoms with van der Waals surface area (Å²) < 4.78 is 33.0. The molecule has 0 fully saturated rings. The minimum Gasteiger partial charge on any atom is -0.464 e. The topological polar surface area (TPSA) is 92.8 Å². The SMILES string of the molecule is COC(=O)C1=C(c2ccccc2)c2ccccc2S(=O)(=O)N1CC(=O)Nc1cccc(SC)c1. The highest BCUT2D eigenvalue weighted by Crippen LogP contribution is 2.40. The minimum atomic E-state index is -4.22. The number of carbonyl (C=O) groups excluding carboxylic acids is 2. The number of nitrogens with one attached hydrogen (secondary N) is 1. The highest BCUT2D eigenvalue weighted by atomic mass is 32.2. The second-order valence-electron chi connectivity index (χ2n) is 7.37. The Labute approximate surface area is 202 Å². The fourth-order valence-electron chi connectivity index (χ4n) is 3.78. The van der Waals surface area contributed by atoms with E-state index >= 15 is 0 Å². The highest BCUT2D eigenvalue weighted by Gasteiger charge is 2.41. The fraction of sp³-hybridized carbons (Fsp3) is 0.120. The third-order valence-electron chi connectivity index (χ3n) is 5.29. The number of ether oxygens (including phenoxy) is 1. The van der Waals surface area contributed by atoms with E-state index in [0.29, 0.717) is 22.4 Å². The summed E-state index contributed by atoms with van der Waals surface area (Å²) in [6.07, 6.45) is 1.91. The van der Waals surface area contributed by atoms with E-state index in [9.17, 15) is 18.0 Å². The van der Waals surface area contributed by atoms with Crippen LogP contribution < -0.4 is 5.32 Å². The van der Waals surface area contributed by atoms with Crippen LogP contribution in [-0.4, -0.2) is 44.5 Å². The summed E-state index contributed by atoms with van der Waals surface area (Å²) in [4.78, 5) is 26.9. The second kappa shape index (κ2) is 9.74. The number of benzene rings is 3.